The summed E-state index contributed by atoms with van der Waals surface area (Å²) in [7, 11) is 3.88. The van der Waals surface area contributed by atoms with E-state index < -0.39 is 36.4 Å². The van der Waals surface area contributed by atoms with Crippen molar-refractivity contribution in [3.8, 4) is 17.1 Å². The van der Waals surface area contributed by atoms with Gasteiger partial charge in [0.2, 0.25) is 0 Å². The van der Waals surface area contributed by atoms with Crippen LogP contribution in [-0.4, -0.2) is 115 Å². The zero-order valence-electron chi connectivity index (χ0n) is 26.6. The van der Waals surface area contributed by atoms with Crippen molar-refractivity contribution in [1.82, 2.24) is 29.5 Å². The number of pyridine rings is 1. The first-order chi connectivity index (χ1) is 23.5. The van der Waals surface area contributed by atoms with Crippen LogP contribution < -0.4 is 4.74 Å². The third-order valence-electron chi connectivity index (χ3n) is 7.17. The largest absolute Gasteiger partial charge is 0.497 e. The molecule has 0 saturated carbocycles. The number of fused-ring (bicyclic) bond motifs is 2. The molecule has 1 aromatic carbocycles. The molecule has 0 unspecified atom stereocenters. The molecule has 0 amide bonds. The van der Waals surface area contributed by atoms with E-state index in [-0.39, 0.29) is 5.54 Å². The second-order valence-corrected chi connectivity index (χ2v) is 10.9. The minimum atomic E-state index is -5.08. The normalized spacial score (nSPS) is 15.8. The summed E-state index contributed by atoms with van der Waals surface area (Å²) < 4.78 is 103. The van der Waals surface area contributed by atoms with Crippen molar-refractivity contribution in [2.45, 2.75) is 50.0 Å². The second kappa shape index (κ2) is 17.3. The molecule has 1 saturated heterocycles. The summed E-state index contributed by atoms with van der Waals surface area (Å²) in [4.78, 5) is 35.9. The fourth-order valence-corrected chi connectivity index (χ4v) is 4.97. The molecular weight excluding hydrogens is 715 g/mol. The molecule has 22 heteroatoms. The number of nitrogens with zero attached hydrogens (tertiary/aromatic N) is 6. The molecule has 2 aromatic heterocycles. The van der Waals surface area contributed by atoms with Gasteiger partial charge in [-0.3, -0.25) is 14.8 Å². The van der Waals surface area contributed by atoms with E-state index in [4.69, 9.17) is 34.4 Å². The highest BCUT2D eigenvalue weighted by Crippen LogP contribution is 2.39. The maximum Gasteiger partial charge on any atom is 0.490 e. The number of hydrogen-bond donors (Lipinski definition) is 3. The lowest BCUT2D eigenvalue weighted by atomic mass is 9.84. The fourth-order valence-electron chi connectivity index (χ4n) is 4.97. The van der Waals surface area contributed by atoms with Crippen molar-refractivity contribution in [2.24, 2.45) is 0 Å². The molecule has 5 rings (SSSR count). The third-order valence-corrected chi connectivity index (χ3v) is 7.17. The van der Waals surface area contributed by atoms with Gasteiger partial charge in [-0.1, -0.05) is 6.07 Å². The number of piperidine rings is 1. The van der Waals surface area contributed by atoms with E-state index in [1.807, 2.05) is 30.6 Å². The number of methoxy groups -OCH3 is 1. The first-order valence-electron chi connectivity index (χ1n) is 14.3. The van der Waals surface area contributed by atoms with E-state index in [1.54, 1.807) is 7.11 Å². The SMILES string of the molecule is COc1ccc(-c2nnc3n2C2(CCN(Cc4cccnc4)CC2)CN(C)C3)cc1.O=C(O)C(F)(F)F.O=C(O)C(F)(F)F.O=C(O)C(F)(F)F. The molecule has 0 atom stereocenters. The highest BCUT2D eigenvalue weighted by atomic mass is 19.4. The Labute approximate surface area is 282 Å². The van der Waals surface area contributed by atoms with E-state index in [0.29, 0.717) is 0 Å². The molecule has 3 aromatic rings. The average molecular weight is 747 g/mol. The summed E-state index contributed by atoms with van der Waals surface area (Å²) in [6.45, 7) is 4.94. The summed E-state index contributed by atoms with van der Waals surface area (Å²) in [6, 6.07) is 12.3. The lowest BCUT2D eigenvalue weighted by Gasteiger charge is -2.48. The Morgan fingerprint density at radius 1 is 0.824 bits per heavy atom. The lowest BCUT2D eigenvalue weighted by molar-refractivity contribution is -0.193. The highest BCUT2D eigenvalue weighted by molar-refractivity contribution is 5.73. The van der Waals surface area contributed by atoms with E-state index in [9.17, 15) is 39.5 Å². The number of aliphatic carboxylic acids is 3. The van der Waals surface area contributed by atoms with Gasteiger partial charge in [0.15, 0.2) is 5.82 Å². The first kappa shape index (κ1) is 42.2. The van der Waals surface area contributed by atoms with Gasteiger partial charge < -0.3 is 24.6 Å². The predicted octanol–water partition coefficient (Wildman–Crippen LogP) is 4.69. The van der Waals surface area contributed by atoms with Crippen LogP contribution in [-0.2, 0) is 33.0 Å². The zero-order valence-corrected chi connectivity index (χ0v) is 26.6. The lowest BCUT2D eigenvalue weighted by Crippen LogP contribution is -2.55. The number of hydrogen-bond acceptors (Lipinski definition) is 9. The van der Waals surface area contributed by atoms with Gasteiger partial charge in [-0.15, -0.1) is 10.2 Å². The number of benzene rings is 1. The molecule has 282 valence electrons. The van der Waals surface area contributed by atoms with Crippen LogP contribution in [0.1, 0.15) is 24.2 Å². The zero-order chi connectivity index (χ0) is 38.8. The number of likely N-dealkylation sites (tertiary alicyclic amines) is 1. The number of likely N-dealkylation sites (N-methyl/N-ethyl adjacent to an activating group) is 1. The van der Waals surface area contributed by atoms with Crippen molar-refractivity contribution in [2.75, 3.05) is 33.8 Å². The summed E-state index contributed by atoms with van der Waals surface area (Å²) in [5.41, 5.74) is 2.40. The molecule has 2 aliphatic heterocycles. The van der Waals surface area contributed by atoms with Gasteiger partial charge in [0.25, 0.3) is 0 Å². The van der Waals surface area contributed by atoms with Gasteiger partial charge >= 0.3 is 36.4 Å². The van der Waals surface area contributed by atoms with Crippen LogP contribution in [0.15, 0.2) is 48.8 Å². The molecule has 1 fully saturated rings. The summed E-state index contributed by atoms with van der Waals surface area (Å²) in [5.74, 6) is -5.38. The minimum absolute atomic E-state index is 0.0343. The van der Waals surface area contributed by atoms with E-state index in [0.717, 1.165) is 68.5 Å². The Morgan fingerprint density at radius 3 is 1.73 bits per heavy atom. The van der Waals surface area contributed by atoms with E-state index in [1.165, 1.54) is 5.56 Å². The van der Waals surface area contributed by atoms with Crippen molar-refractivity contribution >= 4 is 17.9 Å². The number of carbonyl (C=O) groups is 3. The fraction of sp³-hybridized carbons (Fsp3) is 0.448. The molecule has 0 aliphatic carbocycles. The molecular formula is C29H31F9N6O7. The molecule has 4 heterocycles. The summed E-state index contributed by atoms with van der Waals surface area (Å²) >= 11 is 0. The molecule has 13 nitrogen and oxygen atoms in total. The van der Waals surface area contributed by atoms with Crippen molar-refractivity contribution < 1.29 is 74.0 Å². The van der Waals surface area contributed by atoms with Gasteiger partial charge in [0.1, 0.15) is 11.6 Å². The van der Waals surface area contributed by atoms with Crippen molar-refractivity contribution in [3.05, 3.63) is 60.2 Å². The summed E-state index contributed by atoms with van der Waals surface area (Å²) in [5, 5.41) is 30.6. The van der Waals surface area contributed by atoms with Gasteiger partial charge in [-0.2, -0.15) is 39.5 Å². The van der Waals surface area contributed by atoms with Gasteiger partial charge in [0.05, 0.1) is 19.2 Å². The summed E-state index contributed by atoms with van der Waals surface area (Å²) in [6.07, 6.45) is -9.27. The Morgan fingerprint density at radius 2 is 1.31 bits per heavy atom. The van der Waals surface area contributed by atoms with Crippen LogP contribution >= 0.6 is 0 Å². The topological polar surface area (TPSA) is 171 Å². The van der Waals surface area contributed by atoms with Crippen LogP contribution in [0.4, 0.5) is 39.5 Å². The first-order valence-corrected chi connectivity index (χ1v) is 14.3. The molecule has 3 N–H and O–H groups in total. The number of alkyl halides is 9. The number of aromatic nitrogens is 4. The minimum Gasteiger partial charge on any atom is -0.497 e. The van der Waals surface area contributed by atoms with E-state index in [2.05, 4.69) is 54.8 Å². The quantitative estimate of drug-likeness (QED) is 0.316. The van der Waals surface area contributed by atoms with Crippen molar-refractivity contribution in [1.29, 1.82) is 0 Å². The Balaban J connectivity index is 0.000000352. The number of ether oxygens (including phenoxy) is 1. The highest BCUT2D eigenvalue weighted by Gasteiger charge is 2.44. The number of rotatable bonds is 4. The van der Waals surface area contributed by atoms with Crippen LogP contribution in [0.2, 0.25) is 0 Å². The molecule has 2 aliphatic rings. The van der Waals surface area contributed by atoms with Crippen LogP contribution in [0.25, 0.3) is 11.4 Å². The number of carboxylic acids is 3. The number of carboxylic acid groups (broad SMARTS) is 3. The maximum atomic E-state index is 10.6. The Kier molecular flexibility index (Phi) is 14.3. The monoisotopic (exact) mass is 746 g/mol. The Bertz CT molecular complexity index is 1530. The standard InChI is InChI=1S/C23H28N6O.3C2HF3O2/c1-27-16-21-25-26-22(19-5-7-20(30-2)8-6-19)29(21)23(17-27)9-12-28(13-10-23)15-18-4-3-11-24-14-18;3*3-2(4,5)1(6)7/h3-8,11,14H,9-10,12-13,15-17H2,1-2H3;3*(H,6,7). The molecule has 51 heavy (non-hydrogen) atoms. The van der Waals surface area contributed by atoms with Crippen LogP contribution in [0.3, 0.4) is 0 Å². The van der Waals surface area contributed by atoms with E-state index >= 15 is 0 Å². The average Bonchev–Trinajstić information content (AvgIpc) is 3.47. The predicted molar refractivity (Wildman–Crippen MR) is 156 cm³/mol. The van der Waals surface area contributed by atoms with Crippen molar-refractivity contribution in [3.63, 3.8) is 0 Å². The third kappa shape index (κ3) is 12.7. The number of halogens is 9. The molecule has 1 spiro atoms. The Hall–Kier alpha value is -4.99. The van der Waals surface area contributed by atoms with Crippen LogP contribution in [0.5, 0.6) is 5.75 Å². The molecule has 0 bridgehead atoms. The maximum absolute atomic E-state index is 10.6. The second-order valence-electron chi connectivity index (χ2n) is 10.9. The van der Waals surface area contributed by atoms with Gasteiger partial charge in [-0.25, -0.2) is 14.4 Å². The van der Waals surface area contributed by atoms with Gasteiger partial charge in [-0.05, 0) is 55.8 Å². The van der Waals surface area contributed by atoms with Crippen LogP contribution in [0, 0.1) is 0 Å². The smallest absolute Gasteiger partial charge is 0.490 e. The van der Waals surface area contributed by atoms with Gasteiger partial charge in [0, 0.05) is 44.1 Å². The molecule has 0 radical (unpaired) electrons.